The van der Waals surface area contributed by atoms with Crippen molar-refractivity contribution in [1.82, 2.24) is 14.9 Å². The highest BCUT2D eigenvalue weighted by Gasteiger charge is 2.38. The van der Waals surface area contributed by atoms with E-state index in [1.807, 2.05) is 48.0 Å². The average molecular weight is 258 g/mol. The maximum absolute atomic E-state index is 12.1. The molecule has 5 heteroatoms. The molecule has 0 radical (unpaired) electrons. The Morgan fingerprint density at radius 2 is 2.16 bits per heavy atom. The van der Waals surface area contributed by atoms with E-state index in [2.05, 4.69) is 10.3 Å². The molecule has 2 rings (SSSR count). The first-order valence-electron chi connectivity index (χ1n) is 6.25. The van der Waals surface area contributed by atoms with Crippen LogP contribution in [-0.2, 0) is 16.9 Å². The van der Waals surface area contributed by atoms with E-state index in [1.54, 1.807) is 12.5 Å². The van der Waals surface area contributed by atoms with Crippen LogP contribution in [0.3, 0.4) is 0 Å². The number of rotatable bonds is 6. The first kappa shape index (κ1) is 13.3. The zero-order chi connectivity index (χ0) is 13.7. The summed E-state index contributed by atoms with van der Waals surface area (Å²) in [4.78, 5) is 16.1. The van der Waals surface area contributed by atoms with E-state index in [0.717, 1.165) is 5.56 Å². The van der Waals surface area contributed by atoms with Crippen LogP contribution in [-0.4, -0.2) is 22.0 Å². The van der Waals surface area contributed by atoms with Crippen molar-refractivity contribution >= 4 is 5.91 Å². The minimum absolute atomic E-state index is 0.394. The average Bonchev–Trinajstić information content (AvgIpc) is 2.91. The first-order valence-corrected chi connectivity index (χ1v) is 6.25. The van der Waals surface area contributed by atoms with Gasteiger partial charge in [0.1, 0.15) is 5.54 Å². The fourth-order valence-electron chi connectivity index (χ4n) is 2.24. The number of benzene rings is 1. The monoisotopic (exact) mass is 258 g/mol. The highest BCUT2D eigenvalue weighted by atomic mass is 16.1. The second-order valence-corrected chi connectivity index (χ2v) is 4.40. The summed E-state index contributed by atoms with van der Waals surface area (Å²) in [5.74, 6) is -0.394. The van der Waals surface area contributed by atoms with E-state index in [9.17, 15) is 4.79 Å². The van der Waals surface area contributed by atoms with Gasteiger partial charge in [0, 0.05) is 12.4 Å². The summed E-state index contributed by atoms with van der Waals surface area (Å²) in [6.45, 7) is 3.02. The summed E-state index contributed by atoms with van der Waals surface area (Å²) in [6, 6.07) is 9.53. The number of primary amides is 1. The third-order valence-corrected chi connectivity index (χ3v) is 3.14. The van der Waals surface area contributed by atoms with Gasteiger partial charge in [0.25, 0.3) is 0 Å². The van der Waals surface area contributed by atoms with E-state index >= 15 is 0 Å². The molecule has 0 fully saturated rings. The number of nitrogens with zero attached hydrogens (tertiary/aromatic N) is 2. The normalized spacial score (nSPS) is 13.9. The Labute approximate surface area is 112 Å². The summed E-state index contributed by atoms with van der Waals surface area (Å²) < 4.78 is 1.85. The maximum atomic E-state index is 12.1. The first-order chi connectivity index (χ1) is 9.19. The van der Waals surface area contributed by atoms with Crippen LogP contribution < -0.4 is 11.1 Å². The fourth-order valence-corrected chi connectivity index (χ4v) is 2.24. The Balaban J connectivity index is 2.44. The molecule has 1 atom stereocenters. The van der Waals surface area contributed by atoms with Crippen molar-refractivity contribution in [3.05, 3.63) is 54.6 Å². The van der Waals surface area contributed by atoms with E-state index < -0.39 is 11.4 Å². The fraction of sp³-hybridized carbons (Fsp3) is 0.286. The number of nitrogens with one attached hydrogen (secondary N) is 1. The lowest BCUT2D eigenvalue weighted by molar-refractivity contribution is -0.125. The summed E-state index contributed by atoms with van der Waals surface area (Å²) in [5, 5.41) is 3.23. The maximum Gasteiger partial charge on any atom is 0.244 e. The van der Waals surface area contributed by atoms with E-state index in [0.29, 0.717) is 13.1 Å². The van der Waals surface area contributed by atoms with Gasteiger partial charge in [-0.2, -0.15) is 0 Å². The predicted molar refractivity (Wildman–Crippen MR) is 73.2 cm³/mol. The van der Waals surface area contributed by atoms with E-state index in [-0.39, 0.29) is 0 Å². The molecule has 1 aromatic heterocycles. The molecule has 1 amide bonds. The second kappa shape index (κ2) is 5.67. The number of imidazole rings is 1. The molecular formula is C14H18N4O. The molecule has 0 bridgehead atoms. The highest BCUT2D eigenvalue weighted by molar-refractivity contribution is 5.86. The van der Waals surface area contributed by atoms with Gasteiger partial charge in [-0.3, -0.25) is 10.1 Å². The Kier molecular flexibility index (Phi) is 3.97. The van der Waals surface area contributed by atoms with Gasteiger partial charge in [-0.15, -0.1) is 0 Å². The van der Waals surface area contributed by atoms with Gasteiger partial charge in [0.15, 0.2) is 0 Å². The summed E-state index contributed by atoms with van der Waals surface area (Å²) in [6.07, 6.45) is 5.18. The van der Waals surface area contributed by atoms with Crippen molar-refractivity contribution in [2.75, 3.05) is 6.54 Å². The van der Waals surface area contributed by atoms with Crippen molar-refractivity contribution in [2.24, 2.45) is 5.73 Å². The van der Waals surface area contributed by atoms with Crippen molar-refractivity contribution in [2.45, 2.75) is 19.0 Å². The van der Waals surface area contributed by atoms with Crippen LogP contribution in [0.25, 0.3) is 0 Å². The third-order valence-electron chi connectivity index (χ3n) is 3.14. The van der Waals surface area contributed by atoms with Crippen LogP contribution in [0.1, 0.15) is 12.5 Å². The van der Waals surface area contributed by atoms with Gasteiger partial charge in [-0.1, -0.05) is 37.3 Å². The van der Waals surface area contributed by atoms with Crippen molar-refractivity contribution in [3.63, 3.8) is 0 Å². The summed E-state index contributed by atoms with van der Waals surface area (Å²) in [5.41, 5.74) is 5.61. The number of carbonyl (C=O) groups excluding carboxylic acids is 1. The topological polar surface area (TPSA) is 72.9 Å². The van der Waals surface area contributed by atoms with Crippen molar-refractivity contribution in [1.29, 1.82) is 0 Å². The number of hydrogen-bond donors (Lipinski definition) is 2. The third kappa shape index (κ3) is 2.66. The van der Waals surface area contributed by atoms with Crippen LogP contribution in [0.5, 0.6) is 0 Å². The molecule has 0 aliphatic rings. The molecule has 100 valence electrons. The number of amides is 1. The lowest BCUT2D eigenvalue weighted by Gasteiger charge is -2.32. The Bertz CT molecular complexity index is 524. The molecule has 0 saturated heterocycles. The van der Waals surface area contributed by atoms with Gasteiger partial charge in [-0.25, -0.2) is 4.98 Å². The molecule has 0 spiro atoms. The number of nitrogens with two attached hydrogens (primary N) is 1. The van der Waals surface area contributed by atoms with Gasteiger partial charge in [-0.05, 0) is 12.1 Å². The molecular weight excluding hydrogens is 240 g/mol. The SMILES string of the molecule is CCNC(Cn1ccnc1)(C(N)=O)c1ccccc1. The summed E-state index contributed by atoms with van der Waals surface area (Å²) in [7, 11) is 0. The molecule has 0 saturated carbocycles. The molecule has 5 nitrogen and oxygen atoms in total. The lowest BCUT2D eigenvalue weighted by atomic mass is 9.88. The van der Waals surface area contributed by atoms with Crippen molar-refractivity contribution in [3.8, 4) is 0 Å². The van der Waals surface area contributed by atoms with Crippen molar-refractivity contribution < 1.29 is 4.79 Å². The van der Waals surface area contributed by atoms with Gasteiger partial charge in [0.2, 0.25) is 5.91 Å². The van der Waals surface area contributed by atoms with E-state index in [4.69, 9.17) is 5.73 Å². The van der Waals surface area contributed by atoms with Crippen LogP contribution in [0, 0.1) is 0 Å². The zero-order valence-corrected chi connectivity index (χ0v) is 10.9. The number of hydrogen-bond acceptors (Lipinski definition) is 3. The van der Waals surface area contributed by atoms with E-state index in [1.165, 1.54) is 0 Å². The molecule has 1 aromatic carbocycles. The smallest absolute Gasteiger partial charge is 0.244 e. The Morgan fingerprint density at radius 1 is 1.42 bits per heavy atom. The molecule has 19 heavy (non-hydrogen) atoms. The molecule has 0 aliphatic heterocycles. The van der Waals surface area contributed by atoms with Crippen LogP contribution in [0.15, 0.2) is 49.1 Å². The largest absolute Gasteiger partial charge is 0.368 e. The number of aromatic nitrogens is 2. The van der Waals surface area contributed by atoms with Gasteiger partial charge < -0.3 is 10.3 Å². The second-order valence-electron chi connectivity index (χ2n) is 4.40. The van der Waals surface area contributed by atoms with Gasteiger partial charge in [0.05, 0.1) is 12.9 Å². The standard InChI is InChI=1S/C14H18N4O/c1-2-17-14(13(15)19,10-18-9-8-16-11-18)12-6-4-3-5-7-12/h3-9,11,17H,2,10H2,1H3,(H2,15,19). The molecule has 3 N–H and O–H groups in total. The Hall–Kier alpha value is -2.14. The molecule has 1 heterocycles. The van der Waals surface area contributed by atoms with Crippen LogP contribution in [0.2, 0.25) is 0 Å². The van der Waals surface area contributed by atoms with Crippen LogP contribution >= 0.6 is 0 Å². The lowest BCUT2D eigenvalue weighted by Crippen LogP contribution is -2.55. The molecule has 0 aliphatic carbocycles. The molecule has 2 aromatic rings. The summed E-state index contributed by atoms with van der Waals surface area (Å²) >= 11 is 0. The molecule has 1 unspecified atom stereocenters. The quantitative estimate of drug-likeness (QED) is 0.807. The zero-order valence-electron chi connectivity index (χ0n) is 10.9. The highest BCUT2D eigenvalue weighted by Crippen LogP contribution is 2.23. The minimum atomic E-state index is -0.920. The predicted octanol–water partition coefficient (Wildman–Crippen LogP) is 0.873. The minimum Gasteiger partial charge on any atom is -0.368 e. The van der Waals surface area contributed by atoms with Crippen LogP contribution in [0.4, 0.5) is 0 Å². The number of likely N-dealkylation sites (N-methyl/N-ethyl adjacent to an activating group) is 1. The Morgan fingerprint density at radius 3 is 2.68 bits per heavy atom. The number of carbonyl (C=O) groups is 1. The van der Waals surface area contributed by atoms with Gasteiger partial charge >= 0.3 is 0 Å².